The maximum absolute atomic E-state index is 12.8. The van der Waals surface area contributed by atoms with Crippen molar-refractivity contribution in [3.8, 4) is 5.75 Å². The van der Waals surface area contributed by atoms with Gasteiger partial charge in [-0.05, 0) is 31.2 Å². The maximum atomic E-state index is 12.8. The van der Waals surface area contributed by atoms with Crippen molar-refractivity contribution in [1.82, 2.24) is 10.3 Å². The summed E-state index contributed by atoms with van der Waals surface area (Å²) in [6, 6.07) is 5.29. The molecule has 1 N–H and O–H groups in total. The predicted molar refractivity (Wildman–Crippen MR) is 83.7 cm³/mol. The Balaban J connectivity index is 2.56. The molecular formula is C15H13F3N2O2S. The molecule has 0 unspecified atom stereocenters. The Morgan fingerprint density at radius 2 is 2.00 bits per heavy atom. The number of ketones is 1. The number of fused-ring (bicyclic) bond motifs is 1. The number of hydrogen-bond acceptors (Lipinski definition) is 4. The van der Waals surface area contributed by atoms with Gasteiger partial charge >= 0.3 is 6.18 Å². The molecule has 0 spiro atoms. The fraction of sp³-hybridized carbons (Fsp3) is 0.267. The molecule has 0 aliphatic heterocycles. The van der Waals surface area contributed by atoms with Gasteiger partial charge in [-0.2, -0.15) is 13.2 Å². The van der Waals surface area contributed by atoms with E-state index in [1.165, 1.54) is 26.2 Å². The third-order valence-electron chi connectivity index (χ3n) is 3.07. The zero-order valence-electron chi connectivity index (χ0n) is 12.3. The Morgan fingerprint density at radius 1 is 1.30 bits per heavy atom. The number of halogens is 3. The molecule has 0 aliphatic carbocycles. The standard InChI is InChI=1S/C15H13F3N2O2S/c1-8(21)7-19-14(23)10-3-5-11(22-2)13-9(10)4-6-12(20-13)15(16,17)18/h3-6H,7H2,1-2H3,(H,19,23). The molecule has 1 heterocycles. The molecule has 1 aromatic heterocycles. The number of carbonyl (C=O) groups excluding carboxylic acids is 1. The van der Waals surface area contributed by atoms with Gasteiger partial charge in [0.2, 0.25) is 0 Å². The van der Waals surface area contributed by atoms with Gasteiger partial charge in [0.25, 0.3) is 0 Å². The molecule has 0 fully saturated rings. The number of methoxy groups -OCH3 is 1. The second-order valence-corrected chi connectivity index (χ2v) is 5.20. The number of benzene rings is 1. The monoisotopic (exact) mass is 342 g/mol. The fourth-order valence-corrected chi connectivity index (χ4v) is 2.26. The highest BCUT2D eigenvalue weighted by Gasteiger charge is 2.33. The van der Waals surface area contributed by atoms with Crippen LogP contribution in [0.1, 0.15) is 18.2 Å². The van der Waals surface area contributed by atoms with Crippen molar-refractivity contribution in [1.29, 1.82) is 0 Å². The van der Waals surface area contributed by atoms with Gasteiger partial charge in [0, 0.05) is 10.9 Å². The average molecular weight is 342 g/mol. The van der Waals surface area contributed by atoms with Crippen LogP contribution in [-0.2, 0) is 11.0 Å². The molecule has 23 heavy (non-hydrogen) atoms. The van der Waals surface area contributed by atoms with E-state index in [4.69, 9.17) is 17.0 Å². The first-order valence-corrected chi connectivity index (χ1v) is 6.97. The third-order valence-corrected chi connectivity index (χ3v) is 3.44. The highest BCUT2D eigenvalue weighted by molar-refractivity contribution is 7.80. The number of pyridine rings is 1. The third kappa shape index (κ3) is 3.76. The Labute approximate surface area is 135 Å². The second-order valence-electron chi connectivity index (χ2n) is 4.79. The molecule has 2 rings (SSSR count). The highest BCUT2D eigenvalue weighted by Crippen LogP contribution is 2.33. The number of hydrogen-bond donors (Lipinski definition) is 1. The number of aromatic nitrogens is 1. The van der Waals surface area contributed by atoms with Crippen molar-refractivity contribution in [2.45, 2.75) is 13.1 Å². The molecule has 0 radical (unpaired) electrons. The van der Waals surface area contributed by atoms with E-state index in [9.17, 15) is 18.0 Å². The molecule has 0 amide bonds. The van der Waals surface area contributed by atoms with Crippen LogP contribution in [0.25, 0.3) is 10.9 Å². The lowest BCUT2D eigenvalue weighted by Crippen LogP contribution is -2.27. The highest BCUT2D eigenvalue weighted by atomic mass is 32.1. The van der Waals surface area contributed by atoms with Crippen LogP contribution in [0.15, 0.2) is 24.3 Å². The number of ether oxygens (including phenoxy) is 1. The summed E-state index contributed by atoms with van der Waals surface area (Å²) in [7, 11) is 1.35. The number of thiocarbonyl (C=S) groups is 1. The molecule has 2 aromatic rings. The first kappa shape index (κ1) is 17.1. The molecule has 8 heteroatoms. The van der Waals surface area contributed by atoms with Crippen molar-refractivity contribution < 1.29 is 22.7 Å². The zero-order valence-corrected chi connectivity index (χ0v) is 13.1. The van der Waals surface area contributed by atoms with Gasteiger partial charge in [0.1, 0.15) is 27.7 Å². The lowest BCUT2D eigenvalue weighted by molar-refractivity contribution is -0.141. The molecule has 0 aliphatic rings. The normalized spacial score (nSPS) is 11.3. The SMILES string of the molecule is COc1ccc(C(=S)NCC(C)=O)c2ccc(C(F)(F)F)nc12. The summed E-state index contributed by atoms with van der Waals surface area (Å²) in [6.45, 7) is 1.44. The summed E-state index contributed by atoms with van der Waals surface area (Å²) in [6.07, 6.45) is -4.55. The zero-order chi connectivity index (χ0) is 17.2. The van der Waals surface area contributed by atoms with Crippen LogP contribution in [0.3, 0.4) is 0 Å². The first-order chi connectivity index (χ1) is 10.7. The number of nitrogens with zero attached hydrogens (tertiary/aromatic N) is 1. The van der Waals surface area contributed by atoms with Crippen LogP contribution in [0.2, 0.25) is 0 Å². The van der Waals surface area contributed by atoms with E-state index in [-0.39, 0.29) is 28.6 Å². The van der Waals surface area contributed by atoms with E-state index >= 15 is 0 Å². The number of Topliss-reactive ketones (excluding diaryl/α,β-unsaturated/α-hetero) is 1. The van der Waals surface area contributed by atoms with E-state index in [2.05, 4.69) is 10.3 Å². The summed E-state index contributed by atoms with van der Waals surface area (Å²) < 4.78 is 43.6. The van der Waals surface area contributed by atoms with Crippen LogP contribution < -0.4 is 10.1 Å². The summed E-state index contributed by atoms with van der Waals surface area (Å²) in [5.41, 5.74) is -0.465. The van der Waals surface area contributed by atoms with Crippen LogP contribution in [-0.4, -0.2) is 29.4 Å². The van der Waals surface area contributed by atoms with E-state index in [0.717, 1.165) is 6.07 Å². The number of rotatable bonds is 4. The van der Waals surface area contributed by atoms with Crippen LogP contribution >= 0.6 is 12.2 Å². The molecule has 122 valence electrons. The van der Waals surface area contributed by atoms with Crippen molar-refractivity contribution in [2.24, 2.45) is 0 Å². The van der Waals surface area contributed by atoms with Gasteiger partial charge in [-0.1, -0.05) is 12.2 Å². The lowest BCUT2D eigenvalue weighted by atomic mass is 10.1. The summed E-state index contributed by atoms with van der Waals surface area (Å²) in [5, 5.41) is 3.18. The molecule has 1 aromatic carbocycles. The maximum Gasteiger partial charge on any atom is 0.433 e. The van der Waals surface area contributed by atoms with E-state index in [1.807, 2.05) is 0 Å². The first-order valence-electron chi connectivity index (χ1n) is 6.56. The molecule has 0 saturated heterocycles. The molecular weight excluding hydrogens is 329 g/mol. The van der Waals surface area contributed by atoms with Crippen molar-refractivity contribution >= 4 is 33.9 Å². The minimum absolute atomic E-state index is 0.0421. The van der Waals surface area contributed by atoms with Crippen molar-refractivity contribution in [3.05, 3.63) is 35.5 Å². The summed E-state index contributed by atoms with van der Waals surface area (Å²) in [4.78, 5) is 14.9. The Bertz CT molecular complexity index is 775. The lowest BCUT2D eigenvalue weighted by Gasteiger charge is -2.13. The van der Waals surface area contributed by atoms with Gasteiger partial charge in [-0.25, -0.2) is 4.98 Å². The number of carbonyl (C=O) groups is 1. The second kappa shape index (κ2) is 6.49. The minimum Gasteiger partial charge on any atom is -0.494 e. The van der Waals surface area contributed by atoms with Gasteiger partial charge in [0.05, 0.1) is 13.7 Å². The van der Waals surface area contributed by atoms with E-state index in [0.29, 0.717) is 10.9 Å². The topological polar surface area (TPSA) is 51.2 Å². The molecule has 0 atom stereocenters. The van der Waals surface area contributed by atoms with Gasteiger partial charge in [-0.3, -0.25) is 4.79 Å². The summed E-state index contributed by atoms with van der Waals surface area (Å²) in [5.74, 6) is 0.104. The smallest absolute Gasteiger partial charge is 0.433 e. The Kier molecular flexibility index (Phi) is 4.84. The summed E-state index contributed by atoms with van der Waals surface area (Å²) >= 11 is 5.20. The van der Waals surface area contributed by atoms with E-state index in [1.54, 1.807) is 6.07 Å². The van der Waals surface area contributed by atoms with Gasteiger partial charge in [-0.15, -0.1) is 0 Å². The number of alkyl halides is 3. The number of nitrogens with one attached hydrogen (secondary N) is 1. The Morgan fingerprint density at radius 3 is 2.57 bits per heavy atom. The van der Waals surface area contributed by atoms with Crippen molar-refractivity contribution in [2.75, 3.05) is 13.7 Å². The van der Waals surface area contributed by atoms with Crippen LogP contribution in [0.4, 0.5) is 13.2 Å². The molecule has 0 saturated carbocycles. The largest absolute Gasteiger partial charge is 0.494 e. The van der Waals surface area contributed by atoms with Gasteiger partial charge < -0.3 is 10.1 Å². The van der Waals surface area contributed by atoms with Crippen molar-refractivity contribution in [3.63, 3.8) is 0 Å². The molecule has 0 bridgehead atoms. The van der Waals surface area contributed by atoms with Gasteiger partial charge in [0.15, 0.2) is 0 Å². The quantitative estimate of drug-likeness (QED) is 0.865. The Hall–Kier alpha value is -2.22. The fourth-order valence-electron chi connectivity index (χ4n) is 2.01. The van der Waals surface area contributed by atoms with Crippen LogP contribution in [0, 0.1) is 0 Å². The molecule has 4 nitrogen and oxygen atoms in total. The van der Waals surface area contributed by atoms with E-state index < -0.39 is 11.9 Å². The minimum atomic E-state index is -4.55. The average Bonchev–Trinajstić information content (AvgIpc) is 2.50. The predicted octanol–water partition coefficient (Wildman–Crippen LogP) is 3.12. The van der Waals surface area contributed by atoms with Crippen LogP contribution in [0.5, 0.6) is 5.75 Å².